The lowest BCUT2D eigenvalue weighted by atomic mass is 10.00. The molecule has 0 aliphatic heterocycles. The molecular weight excluding hydrogens is 398 g/mol. The molecule has 162 valence electrons. The number of methoxy groups -OCH3 is 3. The van der Waals surface area contributed by atoms with Gasteiger partial charge in [-0.2, -0.15) is 0 Å². The van der Waals surface area contributed by atoms with E-state index in [4.69, 9.17) is 18.9 Å². The highest BCUT2D eigenvalue weighted by atomic mass is 16.5. The highest BCUT2D eigenvalue weighted by molar-refractivity contribution is 5.93. The molecule has 31 heavy (non-hydrogen) atoms. The second kappa shape index (κ2) is 9.84. The van der Waals surface area contributed by atoms with E-state index in [9.17, 15) is 9.59 Å². The van der Waals surface area contributed by atoms with E-state index in [0.29, 0.717) is 17.2 Å². The maximum Gasteiger partial charge on any atom is 0.338 e. The van der Waals surface area contributed by atoms with Gasteiger partial charge in [-0.1, -0.05) is 42.5 Å². The fourth-order valence-corrected chi connectivity index (χ4v) is 3.40. The van der Waals surface area contributed by atoms with Crippen LogP contribution in [0.1, 0.15) is 28.9 Å². The maximum absolute atomic E-state index is 12.5. The van der Waals surface area contributed by atoms with Crippen molar-refractivity contribution in [2.24, 2.45) is 0 Å². The van der Waals surface area contributed by atoms with E-state index in [1.54, 1.807) is 0 Å². The van der Waals surface area contributed by atoms with Gasteiger partial charge in [-0.05, 0) is 35.4 Å². The van der Waals surface area contributed by atoms with Crippen molar-refractivity contribution in [1.29, 1.82) is 0 Å². The van der Waals surface area contributed by atoms with Gasteiger partial charge < -0.3 is 24.3 Å². The molecule has 0 fully saturated rings. The molecule has 1 N–H and O–H groups in total. The number of amides is 1. The summed E-state index contributed by atoms with van der Waals surface area (Å²) in [5.41, 5.74) is 1.17. The van der Waals surface area contributed by atoms with Crippen LogP contribution in [0.4, 0.5) is 0 Å². The summed E-state index contributed by atoms with van der Waals surface area (Å²) in [6, 6.07) is 16.6. The Morgan fingerprint density at radius 1 is 0.903 bits per heavy atom. The van der Waals surface area contributed by atoms with Crippen molar-refractivity contribution in [3.8, 4) is 17.2 Å². The minimum atomic E-state index is -0.674. The number of hydrogen-bond acceptors (Lipinski definition) is 6. The molecule has 3 aromatic carbocycles. The predicted octanol–water partition coefficient (Wildman–Crippen LogP) is 3.90. The second-order valence-corrected chi connectivity index (χ2v) is 6.85. The van der Waals surface area contributed by atoms with Crippen LogP contribution in [-0.2, 0) is 9.53 Å². The van der Waals surface area contributed by atoms with E-state index < -0.39 is 18.5 Å². The number of hydrogen-bond donors (Lipinski definition) is 1. The predicted molar refractivity (Wildman–Crippen MR) is 117 cm³/mol. The average molecular weight is 423 g/mol. The molecule has 1 atom stereocenters. The van der Waals surface area contributed by atoms with Gasteiger partial charge >= 0.3 is 5.97 Å². The van der Waals surface area contributed by atoms with Crippen molar-refractivity contribution in [3.63, 3.8) is 0 Å². The van der Waals surface area contributed by atoms with E-state index >= 15 is 0 Å². The Kier molecular flexibility index (Phi) is 6.97. The monoisotopic (exact) mass is 423 g/mol. The number of carbonyl (C=O) groups is 2. The summed E-state index contributed by atoms with van der Waals surface area (Å²) in [5.74, 6) is -0.0673. The lowest BCUT2D eigenvalue weighted by molar-refractivity contribution is -0.124. The van der Waals surface area contributed by atoms with Crippen LogP contribution < -0.4 is 19.5 Å². The van der Waals surface area contributed by atoms with E-state index in [-0.39, 0.29) is 11.6 Å². The Morgan fingerprint density at radius 2 is 1.55 bits per heavy atom. The van der Waals surface area contributed by atoms with Crippen molar-refractivity contribution in [1.82, 2.24) is 5.32 Å². The van der Waals surface area contributed by atoms with Gasteiger partial charge in [-0.15, -0.1) is 0 Å². The summed E-state index contributed by atoms with van der Waals surface area (Å²) < 4.78 is 20.9. The van der Waals surface area contributed by atoms with Gasteiger partial charge in [0.1, 0.15) is 0 Å². The van der Waals surface area contributed by atoms with Gasteiger partial charge in [-0.25, -0.2) is 4.79 Å². The van der Waals surface area contributed by atoms with Gasteiger partial charge in [0, 0.05) is 0 Å². The number of rotatable bonds is 8. The Balaban J connectivity index is 1.66. The normalized spacial score (nSPS) is 11.5. The first kappa shape index (κ1) is 22.0. The Hall–Kier alpha value is -3.74. The second-order valence-electron chi connectivity index (χ2n) is 6.85. The van der Waals surface area contributed by atoms with Crippen LogP contribution in [0.25, 0.3) is 10.8 Å². The Labute approximate surface area is 180 Å². The molecule has 0 spiro atoms. The number of esters is 1. The van der Waals surface area contributed by atoms with Gasteiger partial charge in [-0.3, -0.25) is 4.79 Å². The van der Waals surface area contributed by atoms with Crippen LogP contribution in [0.3, 0.4) is 0 Å². The van der Waals surface area contributed by atoms with E-state index in [2.05, 4.69) is 5.32 Å². The molecule has 7 nitrogen and oxygen atoms in total. The minimum absolute atomic E-state index is 0.185. The highest BCUT2D eigenvalue weighted by Crippen LogP contribution is 2.38. The first-order chi connectivity index (χ1) is 15.0. The number of carbonyl (C=O) groups excluding carboxylic acids is 2. The number of nitrogens with one attached hydrogen (secondary N) is 1. The molecule has 0 aliphatic rings. The van der Waals surface area contributed by atoms with Crippen LogP contribution in [-0.4, -0.2) is 39.8 Å². The van der Waals surface area contributed by atoms with Crippen LogP contribution in [0.15, 0.2) is 54.6 Å². The molecule has 0 aliphatic carbocycles. The zero-order valence-electron chi connectivity index (χ0n) is 17.9. The zero-order valence-corrected chi connectivity index (χ0v) is 17.9. The molecule has 0 saturated heterocycles. The summed E-state index contributed by atoms with van der Waals surface area (Å²) in [5, 5.41) is 5.03. The van der Waals surface area contributed by atoms with Crippen LogP contribution in [0.5, 0.6) is 17.2 Å². The van der Waals surface area contributed by atoms with Gasteiger partial charge in [0.15, 0.2) is 18.1 Å². The smallest absolute Gasteiger partial charge is 0.338 e. The van der Waals surface area contributed by atoms with Crippen molar-refractivity contribution >= 4 is 22.6 Å². The molecular formula is C24H25NO6. The number of fused-ring (bicyclic) bond motifs is 1. The molecule has 0 radical (unpaired) electrons. The summed E-state index contributed by atoms with van der Waals surface area (Å²) in [6.45, 7) is 1.48. The van der Waals surface area contributed by atoms with Crippen LogP contribution in [0, 0.1) is 0 Å². The summed E-state index contributed by atoms with van der Waals surface area (Å²) in [4.78, 5) is 24.8. The first-order valence-corrected chi connectivity index (χ1v) is 9.72. The van der Waals surface area contributed by atoms with E-state index in [1.807, 2.05) is 49.4 Å². The van der Waals surface area contributed by atoms with Gasteiger partial charge in [0.25, 0.3) is 5.91 Å². The molecule has 0 heterocycles. The molecule has 0 unspecified atom stereocenters. The molecule has 3 aromatic rings. The average Bonchev–Trinajstić information content (AvgIpc) is 2.80. The largest absolute Gasteiger partial charge is 0.493 e. The Bertz CT molecular complexity index is 1060. The van der Waals surface area contributed by atoms with Crippen molar-refractivity contribution < 1.29 is 28.5 Å². The molecule has 3 rings (SSSR count). The van der Waals surface area contributed by atoms with Crippen LogP contribution >= 0.6 is 0 Å². The lowest BCUT2D eigenvalue weighted by Gasteiger charge is -2.17. The first-order valence-electron chi connectivity index (χ1n) is 9.72. The molecule has 0 bridgehead atoms. The third-order valence-corrected chi connectivity index (χ3v) is 4.90. The minimum Gasteiger partial charge on any atom is -0.493 e. The SMILES string of the molecule is COc1cc(C(=O)OCC(=O)N[C@H](C)c2cccc3ccccc23)cc(OC)c1OC. The summed E-state index contributed by atoms with van der Waals surface area (Å²) >= 11 is 0. The highest BCUT2D eigenvalue weighted by Gasteiger charge is 2.19. The molecule has 0 aromatic heterocycles. The lowest BCUT2D eigenvalue weighted by Crippen LogP contribution is -2.31. The molecule has 1 amide bonds. The maximum atomic E-state index is 12.5. The van der Waals surface area contributed by atoms with E-state index in [0.717, 1.165) is 16.3 Å². The standard InChI is InChI=1S/C24H25NO6/c1-15(18-11-7-9-16-8-5-6-10-19(16)18)25-22(26)14-31-24(27)17-12-20(28-2)23(30-4)21(13-17)29-3/h5-13,15H,14H2,1-4H3,(H,25,26)/t15-/m1/s1. The van der Waals surface area contributed by atoms with Crippen LogP contribution in [0.2, 0.25) is 0 Å². The van der Waals surface area contributed by atoms with Crippen molar-refractivity contribution in [3.05, 3.63) is 65.7 Å². The third-order valence-electron chi connectivity index (χ3n) is 4.90. The molecule has 0 saturated carbocycles. The number of ether oxygens (including phenoxy) is 4. The zero-order chi connectivity index (χ0) is 22.4. The summed E-state index contributed by atoms with van der Waals surface area (Å²) in [7, 11) is 4.38. The fraction of sp³-hybridized carbons (Fsp3) is 0.250. The van der Waals surface area contributed by atoms with Crippen molar-refractivity contribution in [2.75, 3.05) is 27.9 Å². The topological polar surface area (TPSA) is 83.1 Å². The molecule has 7 heteroatoms. The van der Waals surface area contributed by atoms with Gasteiger partial charge in [0.05, 0.1) is 32.9 Å². The Morgan fingerprint density at radius 3 is 2.19 bits per heavy atom. The van der Waals surface area contributed by atoms with Crippen molar-refractivity contribution in [2.45, 2.75) is 13.0 Å². The quantitative estimate of drug-likeness (QED) is 0.554. The fourth-order valence-electron chi connectivity index (χ4n) is 3.40. The van der Waals surface area contributed by atoms with E-state index in [1.165, 1.54) is 33.5 Å². The number of benzene rings is 3. The van der Waals surface area contributed by atoms with Gasteiger partial charge in [0.2, 0.25) is 5.75 Å². The third kappa shape index (κ3) is 4.88. The summed E-state index contributed by atoms with van der Waals surface area (Å²) in [6.07, 6.45) is 0.